The molecule has 4 nitrogen and oxygen atoms in total. The van der Waals surface area contributed by atoms with Crippen molar-refractivity contribution < 1.29 is 4.52 Å². The lowest BCUT2D eigenvalue weighted by atomic mass is 10.2. The number of hydrogen-bond acceptors (Lipinski definition) is 4. The van der Waals surface area contributed by atoms with Crippen molar-refractivity contribution in [2.75, 3.05) is 0 Å². The Kier molecular flexibility index (Phi) is 1.37. The van der Waals surface area contributed by atoms with Crippen LogP contribution in [0.1, 0.15) is 0 Å². The van der Waals surface area contributed by atoms with E-state index in [2.05, 4.69) is 26.1 Å². The average molecular weight is 146 g/mol. The zero-order valence-corrected chi connectivity index (χ0v) is 5.56. The highest BCUT2D eigenvalue weighted by Gasteiger charge is 2.00. The third-order valence-corrected chi connectivity index (χ3v) is 1.26. The van der Waals surface area contributed by atoms with Crippen molar-refractivity contribution >= 4 is 0 Å². The Hall–Kier alpha value is -1.71. The van der Waals surface area contributed by atoms with Gasteiger partial charge in [-0.25, -0.2) is 0 Å². The molecule has 0 unspecified atom stereocenters. The van der Waals surface area contributed by atoms with Crippen LogP contribution < -0.4 is 0 Å². The topological polar surface area (TPSA) is 51.8 Å². The van der Waals surface area contributed by atoms with E-state index in [9.17, 15) is 0 Å². The van der Waals surface area contributed by atoms with Gasteiger partial charge in [-0.3, -0.25) is 4.98 Å². The predicted octanol–water partition coefficient (Wildman–Crippen LogP) is 0.932. The second kappa shape index (κ2) is 2.49. The summed E-state index contributed by atoms with van der Waals surface area (Å²) in [4.78, 5) is 3.91. The molecule has 0 aliphatic rings. The fourth-order valence-corrected chi connectivity index (χ4v) is 0.765. The highest BCUT2D eigenvalue weighted by atomic mass is 16.5. The van der Waals surface area contributed by atoms with E-state index in [-0.39, 0.29) is 0 Å². The van der Waals surface area contributed by atoms with Crippen LogP contribution in [0.2, 0.25) is 0 Å². The summed E-state index contributed by atoms with van der Waals surface area (Å²) in [6, 6.07) is 3.68. The van der Waals surface area contributed by atoms with E-state index >= 15 is 0 Å². The molecule has 0 fully saturated rings. The quantitative estimate of drug-likeness (QED) is 0.600. The molecule has 0 atom stereocenters. The van der Waals surface area contributed by atoms with Crippen molar-refractivity contribution in [1.29, 1.82) is 0 Å². The summed E-state index contributed by atoms with van der Waals surface area (Å²) in [7, 11) is 0. The van der Waals surface area contributed by atoms with Gasteiger partial charge in [-0.05, 0) is 12.1 Å². The SMILES string of the molecule is [c]1onnc1-c1cccnc1. The van der Waals surface area contributed by atoms with Crippen LogP contribution in [0.3, 0.4) is 0 Å². The van der Waals surface area contributed by atoms with Crippen LogP contribution >= 0.6 is 0 Å². The van der Waals surface area contributed by atoms with Gasteiger partial charge in [-0.15, -0.1) is 5.10 Å². The maximum absolute atomic E-state index is 4.46. The lowest BCUT2D eigenvalue weighted by molar-refractivity contribution is 0.387. The van der Waals surface area contributed by atoms with E-state index in [0.717, 1.165) is 5.56 Å². The van der Waals surface area contributed by atoms with Crippen molar-refractivity contribution in [3.05, 3.63) is 30.8 Å². The fourth-order valence-electron chi connectivity index (χ4n) is 0.765. The first-order chi connectivity index (χ1) is 5.47. The summed E-state index contributed by atoms with van der Waals surface area (Å²) in [5.41, 5.74) is 1.44. The summed E-state index contributed by atoms with van der Waals surface area (Å²) in [5, 5.41) is 6.96. The molecule has 0 aliphatic heterocycles. The minimum Gasteiger partial charge on any atom is -0.333 e. The first-order valence-electron chi connectivity index (χ1n) is 3.07. The summed E-state index contributed by atoms with van der Waals surface area (Å²) >= 11 is 0. The smallest absolute Gasteiger partial charge is 0.235 e. The molecule has 0 bridgehead atoms. The lowest BCUT2D eigenvalue weighted by Crippen LogP contribution is -1.78. The molecule has 0 saturated carbocycles. The molecule has 2 aromatic heterocycles. The molecular formula is C7H4N3O. The van der Waals surface area contributed by atoms with Gasteiger partial charge in [0.05, 0.1) is 0 Å². The number of rotatable bonds is 1. The van der Waals surface area contributed by atoms with Crippen LogP contribution in [-0.2, 0) is 0 Å². The highest BCUT2D eigenvalue weighted by Crippen LogP contribution is 2.11. The molecule has 2 rings (SSSR count). The van der Waals surface area contributed by atoms with Gasteiger partial charge < -0.3 is 4.52 Å². The van der Waals surface area contributed by atoms with Gasteiger partial charge >= 0.3 is 0 Å². The number of aromatic nitrogens is 3. The maximum atomic E-state index is 4.46. The molecule has 1 radical (unpaired) electrons. The lowest BCUT2D eigenvalue weighted by Gasteiger charge is -1.88. The Balaban J connectivity index is 2.46. The number of nitrogens with zero attached hydrogens (tertiary/aromatic N) is 3. The van der Waals surface area contributed by atoms with Crippen molar-refractivity contribution in [3.63, 3.8) is 0 Å². The van der Waals surface area contributed by atoms with E-state index in [4.69, 9.17) is 0 Å². The summed E-state index contributed by atoms with van der Waals surface area (Å²) in [5.74, 6) is 0. The standard InChI is InChI=1S/C7H4N3O/c1-2-6(4-8-3-1)7-5-11-10-9-7/h1-4H. The van der Waals surface area contributed by atoms with Crippen molar-refractivity contribution in [2.24, 2.45) is 0 Å². The summed E-state index contributed by atoms with van der Waals surface area (Å²) in [6.45, 7) is 0. The van der Waals surface area contributed by atoms with Gasteiger partial charge in [0, 0.05) is 23.2 Å². The van der Waals surface area contributed by atoms with Gasteiger partial charge in [0.2, 0.25) is 6.26 Å². The third-order valence-electron chi connectivity index (χ3n) is 1.26. The average Bonchev–Trinajstić information content (AvgIpc) is 2.58. The molecule has 0 aromatic carbocycles. The van der Waals surface area contributed by atoms with Crippen molar-refractivity contribution in [2.45, 2.75) is 0 Å². The Labute approximate surface area is 62.9 Å². The Morgan fingerprint density at radius 1 is 1.45 bits per heavy atom. The normalized spacial score (nSPS) is 9.82. The first kappa shape index (κ1) is 6.03. The second-order valence-electron chi connectivity index (χ2n) is 1.97. The largest absolute Gasteiger partial charge is 0.333 e. The Morgan fingerprint density at radius 3 is 3.09 bits per heavy atom. The zero-order valence-electron chi connectivity index (χ0n) is 5.56. The molecule has 53 valence electrons. The van der Waals surface area contributed by atoms with Crippen molar-refractivity contribution in [1.82, 2.24) is 15.4 Å². The van der Waals surface area contributed by atoms with Crippen molar-refractivity contribution in [3.8, 4) is 11.3 Å². The van der Waals surface area contributed by atoms with Crippen LogP contribution in [0.4, 0.5) is 0 Å². The monoisotopic (exact) mass is 146 g/mol. The van der Waals surface area contributed by atoms with E-state index in [1.807, 2.05) is 12.1 Å². The van der Waals surface area contributed by atoms with E-state index in [1.54, 1.807) is 12.4 Å². The molecule has 0 amide bonds. The number of pyridine rings is 1. The first-order valence-corrected chi connectivity index (χ1v) is 3.07. The fraction of sp³-hybridized carbons (Fsp3) is 0. The summed E-state index contributed by atoms with van der Waals surface area (Å²) in [6.07, 6.45) is 5.88. The Morgan fingerprint density at radius 2 is 2.45 bits per heavy atom. The van der Waals surface area contributed by atoms with Gasteiger partial charge in [0.15, 0.2) is 0 Å². The predicted molar refractivity (Wildman–Crippen MR) is 36.4 cm³/mol. The van der Waals surface area contributed by atoms with Gasteiger partial charge in [0.1, 0.15) is 5.69 Å². The van der Waals surface area contributed by atoms with Gasteiger partial charge in [-0.2, -0.15) is 0 Å². The molecule has 0 N–H and O–H groups in total. The van der Waals surface area contributed by atoms with Crippen LogP contribution in [0, 0.1) is 6.26 Å². The van der Waals surface area contributed by atoms with Crippen LogP contribution in [0.5, 0.6) is 0 Å². The molecule has 2 heterocycles. The van der Waals surface area contributed by atoms with Crippen LogP contribution in [-0.4, -0.2) is 15.4 Å². The van der Waals surface area contributed by atoms with Gasteiger partial charge in [0.25, 0.3) is 0 Å². The molecular weight excluding hydrogens is 142 g/mol. The third kappa shape index (κ3) is 1.10. The molecule has 4 heteroatoms. The summed E-state index contributed by atoms with van der Waals surface area (Å²) < 4.78 is 4.46. The molecule has 0 aliphatic carbocycles. The molecule has 11 heavy (non-hydrogen) atoms. The van der Waals surface area contributed by atoms with Crippen LogP contribution in [0.25, 0.3) is 11.3 Å². The van der Waals surface area contributed by atoms with Crippen LogP contribution in [0.15, 0.2) is 29.0 Å². The molecule has 0 saturated heterocycles. The second-order valence-corrected chi connectivity index (χ2v) is 1.97. The van der Waals surface area contributed by atoms with E-state index in [0.29, 0.717) is 5.69 Å². The van der Waals surface area contributed by atoms with E-state index < -0.39 is 0 Å². The van der Waals surface area contributed by atoms with Gasteiger partial charge in [-0.1, -0.05) is 0 Å². The zero-order chi connectivity index (χ0) is 7.52. The molecule has 0 spiro atoms. The molecule has 2 aromatic rings. The minimum atomic E-state index is 0.582. The van der Waals surface area contributed by atoms with E-state index in [1.165, 1.54) is 0 Å². The maximum Gasteiger partial charge on any atom is 0.235 e. The Bertz CT molecular complexity index is 317. The minimum absolute atomic E-state index is 0.582. The number of hydrogen-bond donors (Lipinski definition) is 0. The highest BCUT2D eigenvalue weighted by molar-refractivity contribution is 5.54.